The molecule has 1 amide bonds. The van der Waals surface area contributed by atoms with Gasteiger partial charge < -0.3 is 15.2 Å². The van der Waals surface area contributed by atoms with Crippen molar-refractivity contribution in [2.75, 3.05) is 13.1 Å². The molecule has 2 aliphatic rings. The van der Waals surface area contributed by atoms with Crippen molar-refractivity contribution in [1.29, 1.82) is 0 Å². The molecule has 2 N–H and O–H groups in total. The summed E-state index contributed by atoms with van der Waals surface area (Å²) < 4.78 is 2.06. The van der Waals surface area contributed by atoms with Crippen molar-refractivity contribution in [3.05, 3.63) is 18.2 Å². The number of aromatic nitrogens is 2. The Bertz CT molecular complexity index is 416. The predicted octanol–water partition coefficient (Wildman–Crippen LogP) is 1.09. The first kappa shape index (κ1) is 11.7. The Hall–Kier alpha value is -1.36. The molecule has 5 heteroatoms. The highest BCUT2D eigenvalue weighted by atomic mass is 16.2. The molecule has 1 saturated carbocycles. The highest BCUT2D eigenvalue weighted by Crippen LogP contribution is 2.18. The predicted molar refractivity (Wildman–Crippen MR) is 68.5 cm³/mol. The van der Waals surface area contributed by atoms with E-state index < -0.39 is 0 Å². The fraction of sp³-hybridized carbons (Fsp3) is 0.692. The molecule has 2 heterocycles. The molecule has 0 radical (unpaired) electrons. The van der Waals surface area contributed by atoms with Crippen molar-refractivity contribution in [2.45, 2.75) is 44.2 Å². The molecule has 1 unspecified atom stereocenters. The molecule has 0 aromatic carbocycles. The van der Waals surface area contributed by atoms with Gasteiger partial charge in [0, 0.05) is 24.8 Å². The summed E-state index contributed by atoms with van der Waals surface area (Å²) in [6.45, 7) is 2.02. The Kier molecular flexibility index (Phi) is 3.32. The SMILES string of the molecule is O=C(NC1CCCC1)c1cn(C2CCNC2)cn1. The summed E-state index contributed by atoms with van der Waals surface area (Å²) in [5, 5.41) is 6.39. The van der Waals surface area contributed by atoms with Crippen molar-refractivity contribution in [2.24, 2.45) is 0 Å². The third kappa shape index (κ3) is 2.41. The van der Waals surface area contributed by atoms with Gasteiger partial charge in [0.1, 0.15) is 5.69 Å². The van der Waals surface area contributed by atoms with Crippen LogP contribution in [0.1, 0.15) is 48.6 Å². The Labute approximate surface area is 107 Å². The van der Waals surface area contributed by atoms with Crippen LogP contribution < -0.4 is 10.6 Å². The van der Waals surface area contributed by atoms with Crippen molar-refractivity contribution >= 4 is 5.91 Å². The number of amides is 1. The molecule has 1 aromatic rings. The number of hydrogen-bond acceptors (Lipinski definition) is 3. The van der Waals surface area contributed by atoms with Gasteiger partial charge in [-0.15, -0.1) is 0 Å². The quantitative estimate of drug-likeness (QED) is 0.842. The van der Waals surface area contributed by atoms with Crippen LogP contribution in [0.5, 0.6) is 0 Å². The maximum absolute atomic E-state index is 12.0. The summed E-state index contributed by atoms with van der Waals surface area (Å²) >= 11 is 0. The minimum Gasteiger partial charge on any atom is -0.348 e. The Morgan fingerprint density at radius 1 is 1.39 bits per heavy atom. The number of hydrogen-bond donors (Lipinski definition) is 2. The van der Waals surface area contributed by atoms with E-state index in [9.17, 15) is 4.79 Å². The molecule has 1 aliphatic carbocycles. The molecule has 5 nitrogen and oxygen atoms in total. The minimum absolute atomic E-state index is 0.0217. The van der Waals surface area contributed by atoms with E-state index in [4.69, 9.17) is 0 Å². The van der Waals surface area contributed by atoms with Crippen LogP contribution in [-0.4, -0.2) is 34.6 Å². The summed E-state index contributed by atoms with van der Waals surface area (Å²) in [5.74, 6) is -0.0217. The van der Waals surface area contributed by atoms with Gasteiger partial charge in [0.25, 0.3) is 5.91 Å². The second-order valence-electron chi connectivity index (χ2n) is 5.31. The summed E-state index contributed by atoms with van der Waals surface area (Å²) in [6.07, 6.45) is 9.45. The molecule has 1 aromatic heterocycles. The van der Waals surface area contributed by atoms with Crippen LogP contribution in [0.4, 0.5) is 0 Å². The number of imidazole rings is 1. The average molecular weight is 248 g/mol. The number of rotatable bonds is 3. The van der Waals surface area contributed by atoms with Crippen molar-refractivity contribution in [1.82, 2.24) is 20.2 Å². The first-order valence-corrected chi connectivity index (χ1v) is 6.88. The molecule has 1 atom stereocenters. The highest BCUT2D eigenvalue weighted by Gasteiger charge is 2.21. The molecule has 0 spiro atoms. The number of nitrogens with one attached hydrogen (secondary N) is 2. The van der Waals surface area contributed by atoms with E-state index in [1.165, 1.54) is 12.8 Å². The highest BCUT2D eigenvalue weighted by molar-refractivity contribution is 5.92. The second-order valence-corrected chi connectivity index (χ2v) is 5.31. The van der Waals surface area contributed by atoms with E-state index in [1.807, 2.05) is 6.20 Å². The zero-order valence-corrected chi connectivity index (χ0v) is 10.6. The number of carbonyl (C=O) groups excluding carboxylic acids is 1. The largest absolute Gasteiger partial charge is 0.348 e. The zero-order valence-electron chi connectivity index (χ0n) is 10.6. The lowest BCUT2D eigenvalue weighted by atomic mass is 10.2. The van der Waals surface area contributed by atoms with Gasteiger partial charge >= 0.3 is 0 Å². The van der Waals surface area contributed by atoms with Gasteiger partial charge in [-0.1, -0.05) is 12.8 Å². The van der Waals surface area contributed by atoms with Crippen LogP contribution in [0.3, 0.4) is 0 Å². The fourth-order valence-electron chi connectivity index (χ4n) is 2.88. The second kappa shape index (κ2) is 5.10. The molecule has 3 rings (SSSR count). The summed E-state index contributed by atoms with van der Waals surface area (Å²) in [7, 11) is 0. The van der Waals surface area contributed by atoms with Crippen molar-refractivity contribution in [3.63, 3.8) is 0 Å². The van der Waals surface area contributed by atoms with E-state index in [1.54, 1.807) is 6.33 Å². The monoisotopic (exact) mass is 248 g/mol. The lowest BCUT2D eigenvalue weighted by Gasteiger charge is -2.10. The molecule has 1 saturated heterocycles. The van der Waals surface area contributed by atoms with Gasteiger partial charge in [0.15, 0.2) is 0 Å². The van der Waals surface area contributed by atoms with Gasteiger partial charge in [-0.25, -0.2) is 4.98 Å². The van der Waals surface area contributed by atoms with Crippen LogP contribution in [0, 0.1) is 0 Å². The normalized spacial score (nSPS) is 24.6. The Morgan fingerprint density at radius 3 is 2.94 bits per heavy atom. The summed E-state index contributed by atoms with van der Waals surface area (Å²) in [6, 6.07) is 0.807. The number of carbonyl (C=O) groups is 1. The van der Waals surface area contributed by atoms with Crippen molar-refractivity contribution in [3.8, 4) is 0 Å². The van der Waals surface area contributed by atoms with E-state index >= 15 is 0 Å². The summed E-state index contributed by atoms with van der Waals surface area (Å²) in [4.78, 5) is 16.3. The first-order valence-electron chi connectivity index (χ1n) is 6.88. The van der Waals surface area contributed by atoms with Gasteiger partial charge in [0.2, 0.25) is 0 Å². The molecule has 0 bridgehead atoms. The van der Waals surface area contributed by atoms with E-state index in [0.717, 1.165) is 32.4 Å². The average Bonchev–Trinajstić information content (AvgIpc) is 3.11. The van der Waals surface area contributed by atoms with Gasteiger partial charge in [-0.2, -0.15) is 0 Å². The van der Waals surface area contributed by atoms with E-state index in [-0.39, 0.29) is 5.91 Å². The summed E-state index contributed by atoms with van der Waals surface area (Å²) in [5.41, 5.74) is 0.550. The van der Waals surface area contributed by atoms with Crippen molar-refractivity contribution < 1.29 is 4.79 Å². The Morgan fingerprint density at radius 2 is 2.22 bits per heavy atom. The maximum atomic E-state index is 12.0. The van der Waals surface area contributed by atoms with Gasteiger partial charge in [0.05, 0.1) is 6.33 Å². The lowest BCUT2D eigenvalue weighted by Crippen LogP contribution is -2.32. The first-order chi connectivity index (χ1) is 8.83. The van der Waals surface area contributed by atoms with Crippen LogP contribution in [0.15, 0.2) is 12.5 Å². The van der Waals surface area contributed by atoms with Gasteiger partial charge in [-0.05, 0) is 25.8 Å². The molecule has 1 aliphatic heterocycles. The molecule has 98 valence electrons. The molecular formula is C13H20N4O. The molecule has 2 fully saturated rings. The topological polar surface area (TPSA) is 59.0 Å². The smallest absolute Gasteiger partial charge is 0.271 e. The third-order valence-electron chi connectivity index (χ3n) is 3.98. The number of nitrogens with zero attached hydrogens (tertiary/aromatic N) is 2. The Balaban J connectivity index is 1.62. The lowest BCUT2D eigenvalue weighted by molar-refractivity contribution is 0.0933. The third-order valence-corrected chi connectivity index (χ3v) is 3.98. The fourth-order valence-corrected chi connectivity index (χ4v) is 2.88. The van der Waals surface area contributed by atoms with Crippen LogP contribution in [0.2, 0.25) is 0 Å². The van der Waals surface area contributed by atoms with E-state index in [2.05, 4.69) is 20.2 Å². The van der Waals surface area contributed by atoms with E-state index in [0.29, 0.717) is 17.8 Å². The molecular weight excluding hydrogens is 228 g/mol. The van der Waals surface area contributed by atoms with Crippen LogP contribution >= 0.6 is 0 Å². The van der Waals surface area contributed by atoms with Gasteiger partial charge in [-0.3, -0.25) is 4.79 Å². The van der Waals surface area contributed by atoms with Crippen LogP contribution in [0.25, 0.3) is 0 Å². The zero-order chi connectivity index (χ0) is 12.4. The standard InChI is InChI=1S/C13H20N4O/c18-13(16-10-3-1-2-4-10)12-8-17(9-15-12)11-5-6-14-7-11/h8-11,14H,1-7H2,(H,16,18). The molecule has 18 heavy (non-hydrogen) atoms. The minimum atomic E-state index is -0.0217. The maximum Gasteiger partial charge on any atom is 0.271 e. The van der Waals surface area contributed by atoms with Crippen LogP contribution in [-0.2, 0) is 0 Å².